The number of benzene rings is 1. The molecule has 5 heteroatoms. The molecule has 0 atom stereocenters. The van der Waals surface area contributed by atoms with Crippen LogP contribution in [0, 0.1) is 0 Å². The van der Waals surface area contributed by atoms with Crippen LogP contribution < -0.4 is 5.73 Å². The lowest BCUT2D eigenvalue weighted by molar-refractivity contribution is 0.435. The van der Waals surface area contributed by atoms with Gasteiger partial charge < -0.3 is 5.73 Å². The van der Waals surface area contributed by atoms with E-state index in [0.717, 1.165) is 24.0 Å². The van der Waals surface area contributed by atoms with Crippen molar-refractivity contribution in [2.24, 2.45) is 5.73 Å². The summed E-state index contributed by atoms with van der Waals surface area (Å²) in [6.07, 6.45) is 3.56. The molecule has 4 nitrogen and oxygen atoms in total. The summed E-state index contributed by atoms with van der Waals surface area (Å²) in [5.74, 6) is 0.0438. The lowest BCUT2D eigenvalue weighted by Crippen LogP contribution is -2.34. The molecule has 0 heterocycles. The van der Waals surface area contributed by atoms with Crippen LogP contribution in [-0.4, -0.2) is 25.3 Å². The van der Waals surface area contributed by atoms with Gasteiger partial charge in [0.1, 0.15) is 0 Å². The number of hydrogen-bond donors (Lipinski definition) is 1. The molecule has 0 aromatic heterocycles. The molecule has 0 unspecified atom stereocenters. The van der Waals surface area contributed by atoms with Crippen molar-refractivity contribution in [3.05, 3.63) is 48.0 Å². The molecule has 1 aliphatic carbocycles. The van der Waals surface area contributed by atoms with Gasteiger partial charge in [-0.1, -0.05) is 30.3 Å². The average Bonchev–Trinajstić information content (AvgIpc) is 3.20. The molecule has 0 saturated heterocycles. The summed E-state index contributed by atoms with van der Waals surface area (Å²) in [7, 11) is -3.26. The minimum Gasteiger partial charge on any atom is -0.326 e. The summed E-state index contributed by atoms with van der Waals surface area (Å²) in [6, 6.07) is 7.59. The van der Waals surface area contributed by atoms with Crippen molar-refractivity contribution >= 4 is 10.0 Å². The van der Waals surface area contributed by atoms with Gasteiger partial charge in [-0.15, -0.1) is 6.58 Å². The second-order valence-corrected chi connectivity index (χ2v) is 6.79. The van der Waals surface area contributed by atoms with E-state index in [-0.39, 0.29) is 11.8 Å². The highest BCUT2D eigenvalue weighted by Crippen LogP contribution is 2.30. The molecular weight excluding hydrogens is 260 g/mol. The zero-order valence-corrected chi connectivity index (χ0v) is 11.8. The van der Waals surface area contributed by atoms with Gasteiger partial charge in [0.15, 0.2) is 0 Å². The van der Waals surface area contributed by atoms with Gasteiger partial charge in [-0.05, 0) is 24.0 Å². The number of rotatable bonds is 7. The maximum absolute atomic E-state index is 12.4. The minimum atomic E-state index is -3.26. The summed E-state index contributed by atoms with van der Waals surface area (Å²) in [5, 5.41) is 0. The maximum atomic E-state index is 12.4. The summed E-state index contributed by atoms with van der Waals surface area (Å²) >= 11 is 0. The van der Waals surface area contributed by atoms with Crippen LogP contribution >= 0.6 is 0 Å². The fraction of sp³-hybridized carbons (Fsp3) is 0.429. The Bertz CT molecular complexity index is 533. The summed E-state index contributed by atoms with van der Waals surface area (Å²) < 4.78 is 26.3. The van der Waals surface area contributed by atoms with Crippen molar-refractivity contribution in [1.29, 1.82) is 0 Å². The van der Waals surface area contributed by atoms with E-state index in [1.54, 1.807) is 10.4 Å². The Labute approximate surface area is 115 Å². The van der Waals surface area contributed by atoms with Gasteiger partial charge in [0, 0.05) is 19.1 Å². The molecule has 0 amide bonds. The third-order valence-corrected chi connectivity index (χ3v) is 5.09. The van der Waals surface area contributed by atoms with Crippen molar-refractivity contribution < 1.29 is 8.42 Å². The SMILES string of the molecule is C=CCN(C1CC1)S(=O)(=O)Cc1ccc(CN)cc1. The first-order valence-corrected chi connectivity index (χ1v) is 8.06. The molecule has 1 aromatic rings. The van der Waals surface area contributed by atoms with Crippen LogP contribution in [0.3, 0.4) is 0 Å². The Morgan fingerprint density at radius 3 is 2.32 bits per heavy atom. The number of nitrogens with two attached hydrogens (primary N) is 1. The molecule has 0 radical (unpaired) electrons. The Morgan fingerprint density at radius 1 is 1.26 bits per heavy atom. The molecule has 1 saturated carbocycles. The fourth-order valence-electron chi connectivity index (χ4n) is 2.04. The predicted molar refractivity (Wildman–Crippen MR) is 76.9 cm³/mol. The van der Waals surface area contributed by atoms with Crippen LogP contribution in [0.5, 0.6) is 0 Å². The molecule has 1 aromatic carbocycles. The largest absolute Gasteiger partial charge is 0.326 e. The van der Waals surface area contributed by atoms with Gasteiger partial charge in [0.2, 0.25) is 10.0 Å². The number of hydrogen-bond acceptors (Lipinski definition) is 3. The van der Waals surface area contributed by atoms with Crippen LogP contribution in [-0.2, 0) is 22.3 Å². The van der Waals surface area contributed by atoms with E-state index in [9.17, 15) is 8.42 Å². The van der Waals surface area contributed by atoms with Crippen molar-refractivity contribution in [3.8, 4) is 0 Å². The van der Waals surface area contributed by atoms with E-state index >= 15 is 0 Å². The van der Waals surface area contributed by atoms with Gasteiger partial charge in [0.25, 0.3) is 0 Å². The predicted octanol–water partition coefficient (Wildman–Crippen LogP) is 1.63. The molecular formula is C14H20N2O2S. The first kappa shape index (κ1) is 14.2. The number of sulfonamides is 1. The van der Waals surface area contributed by atoms with Crippen LogP contribution in [0.2, 0.25) is 0 Å². The van der Waals surface area contributed by atoms with Crippen molar-refractivity contribution in [1.82, 2.24) is 4.31 Å². The molecule has 104 valence electrons. The van der Waals surface area contributed by atoms with Crippen LogP contribution in [0.4, 0.5) is 0 Å². The van der Waals surface area contributed by atoms with Gasteiger partial charge >= 0.3 is 0 Å². The maximum Gasteiger partial charge on any atom is 0.218 e. The topological polar surface area (TPSA) is 63.4 Å². The Morgan fingerprint density at radius 2 is 1.84 bits per heavy atom. The zero-order valence-electron chi connectivity index (χ0n) is 11.0. The van der Waals surface area contributed by atoms with E-state index in [2.05, 4.69) is 6.58 Å². The highest BCUT2D eigenvalue weighted by molar-refractivity contribution is 7.88. The van der Waals surface area contributed by atoms with Crippen LogP contribution in [0.25, 0.3) is 0 Å². The molecule has 0 bridgehead atoms. The van der Waals surface area contributed by atoms with E-state index in [0.29, 0.717) is 13.1 Å². The molecule has 1 fully saturated rings. The second-order valence-electron chi connectivity index (χ2n) is 4.87. The third-order valence-electron chi connectivity index (χ3n) is 3.23. The van der Waals surface area contributed by atoms with Gasteiger partial charge in [0.05, 0.1) is 5.75 Å². The first-order chi connectivity index (χ1) is 9.06. The minimum absolute atomic E-state index is 0.0438. The average molecular weight is 280 g/mol. The Hall–Kier alpha value is -1.17. The zero-order chi connectivity index (χ0) is 13.9. The molecule has 19 heavy (non-hydrogen) atoms. The van der Waals surface area contributed by atoms with E-state index in [1.165, 1.54) is 0 Å². The van der Waals surface area contributed by atoms with Gasteiger partial charge in [-0.2, -0.15) is 4.31 Å². The van der Waals surface area contributed by atoms with Gasteiger partial charge in [-0.25, -0.2) is 8.42 Å². The standard InChI is InChI=1S/C14H20N2O2S/c1-2-9-16(14-7-8-14)19(17,18)11-13-5-3-12(10-15)4-6-13/h2-6,14H,1,7-11,15H2. The Kier molecular flexibility index (Phi) is 4.39. The van der Waals surface area contributed by atoms with Crippen molar-refractivity contribution in [2.75, 3.05) is 6.54 Å². The summed E-state index contributed by atoms with van der Waals surface area (Å²) in [6.45, 7) is 4.50. The molecule has 2 N–H and O–H groups in total. The highest BCUT2D eigenvalue weighted by Gasteiger charge is 2.36. The molecule has 0 spiro atoms. The third kappa shape index (κ3) is 3.65. The van der Waals surface area contributed by atoms with E-state index in [4.69, 9.17) is 5.73 Å². The van der Waals surface area contributed by atoms with Gasteiger partial charge in [-0.3, -0.25) is 0 Å². The van der Waals surface area contributed by atoms with E-state index < -0.39 is 10.0 Å². The molecule has 2 rings (SSSR count). The highest BCUT2D eigenvalue weighted by atomic mass is 32.2. The lowest BCUT2D eigenvalue weighted by atomic mass is 10.1. The normalized spacial score (nSPS) is 15.7. The number of nitrogens with zero attached hydrogens (tertiary/aromatic N) is 1. The molecule has 1 aliphatic rings. The quantitative estimate of drug-likeness (QED) is 0.772. The molecule has 0 aliphatic heterocycles. The van der Waals surface area contributed by atoms with Crippen molar-refractivity contribution in [2.45, 2.75) is 31.2 Å². The van der Waals surface area contributed by atoms with Crippen LogP contribution in [0.1, 0.15) is 24.0 Å². The second kappa shape index (κ2) is 5.86. The van der Waals surface area contributed by atoms with E-state index in [1.807, 2.05) is 24.3 Å². The smallest absolute Gasteiger partial charge is 0.218 e. The monoisotopic (exact) mass is 280 g/mol. The van der Waals surface area contributed by atoms with Crippen LogP contribution in [0.15, 0.2) is 36.9 Å². The first-order valence-electron chi connectivity index (χ1n) is 6.45. The Balaban J connectivity index is 2.12. The fourth-order valence-corrected chi connectivity index (χ4v) is 3.82. The summed E-state index contributed by atoms with van der Waals surface area (Å²) in [4.78, 5) is 0. The van der Waals surface area contributed by atoms with Crippen molar-refractivity contribution in [3.63, 3.8) is 0 Å². The lowest BCUT2D eigenvalue weighted by Gasteiger charge is -2.20. The summed E-state index contributed by atoms with van der Waals surface area (Å²) in [5.41, 5.74) is 7.33.